The Morgan fingerprint density at radius 3 is 2.63 bits per heavy atom. The molecule has 0 spiro atoms. The highest BCUT2D eigenvalue weighted by molar-refractivity contribution is 7.89. The highest BCUT2D eigenvalue weighted by Gasteiger charge is 2.24. The third-order valence-corrected chi connectivity index (χ3v) is 4.19. The maximum atomic E-state index is 12.2. The van der Waals surface area contributed by atoms with Crippen molar-refractivity contribution in [2.24, 2.45) is 7.05 Å². The van der Waals surface area contributed by atoms with Crippen molar-refractivity contribution in [1.82, 2.24) is 14.5 Å². The van der Waals surface area contributed by atoms with Crippen LogP contribution in [0.3, 0.4) is 0 Å². The predicted octanol–water partition coefficient (Wildman–Crippen LogP) is 0.943. The number of aryl methyl sites for hydroxylation is 2. The van der Waals surface area contributed by atoms with Crippen molar-refractivity contribution < 1.29 is 12.8 Å². The summed E-state index contributed by atoms with van der Waals surface area (Å²) in [6.45, 7) is 3.49. The van der Waals surface area contributed by atoms with Gasteiger partial charge in [0.25, 0.3) is 0 Å². The molecule has 19 heavy (non-hydrogen) atoms. The number of anilines is 1. The summed E-state index contributed by atoms with van der Waals surface area (Å²) in [6, 6.07) is 3.02. The number of sulfonamides is 1. The number of rotatable bonds is 4. The van der Waals surface area contributed by atoms with Crippen LogP contribution >= 0.6 is 0 Å². The second kappa shape index (κ2) is 4.71. The fourth-order valence-corrected chi connectivity index (χ4v) is 3.05. The Bertz CT molecular complexity index is 687. The summed E-state index contributed by atoms with van der Waals surface area (Å²) in [5, 5.41) is 3.81. The summed E-state index contributed by atoms with van der Waals surface area (Å²) in [5.74, 6) is 1.24. The molecular weight excluding hydrogens is 268 g/mol. The summed E-state index contributed by atoms with van der Waals surface area (Å²) >= 11 is 0. The summed E-state index contributed by atoms with van der Waals surface area (Å²) in [4.78, 5) is -0.0369. The summed E-state index contributed by atoms with van der Waals surface area (Å²) in [6.07, 6.45) is 1.36. The van der Waals surface area contributed by atoms with Crippen molar-refractivity contribution in [1.29, 1.82) is 0 Å². The molecule has 1 unspecified atom stereocenters. The third-order valence-electron chi connectivity index (χ3n) is 2.63. The van der Waals surface area contributed by atoms with Gasteiger partial charge in [0.2, 0.25) is 10.0 Å². The van der Waals surface area contributed by atoms with E-state index in [-0.39, 0.29) is 10.7 Å². The fourth-order valence-electron chi connectivity index (χ4n) is 1.73. The van der Waals surface area contributed by atoms with Crippen LogP contribution in [-0.2, 0) is 17.1 Å². The minimum absolute atomic E-state index is 0.0298. The van der Waals surface area contributed by atoms with Crippen LogP contribution in [0.15, 0.2) is 27.6 Å². The van der Waals surface area contributed by atoms with E-state index >= 15 is 0 Å². The average molecular weight is 284 g/mol. The molecule has 0 amide bonds. The second-order valence-electron chi connectivity index (χ2n) is 4.34. The molecule has 2 heterocycles. The zero-order chi connectivity index (χ0) is 14.2. The molecule has 1 atom stereocenters. The number of furan rings is 1. The van der Waals surface area contributed by atoms with Gasteiger partial charge in [0.15, 0.2) is 5.82 Å². The number of aromatic nitrogens is 2. The molecule has 0 aliphatic carbocycles. The zero-order valence-corrected chi connectivity index (χ0v) is 11.7. The minimum atomic E-state index is -3.73. The van der Waals surface area contributed by atoms with E-state index < -0.39 is 16.1 Å². The van der Waals surface area contributed by atoms with Crippen LogP contribution in [0.2, 0.25) is 0 Å². The lowest BCUT2D eigenvalue weighted by Gasteiger charge is -2.11. The van der Waals surface area contributed by atoms with Crippen LogP contribution in [0.5, 0.6) is 0 Å². The van der Waals surface area contributed by atoms with Gasteiger partial charge in [-0.2, -0.15) is 5.10 Å². The molecule has 2 rings (SSSR count). The SMILES string of the molecule is Cc1ccc(C(C)NS(=O)(=O)c2cn(C)nc2N)o1. The molecule has 2 aromatic rings. The summed E-state index contributed by atoms with van der Waals surface area (Å²) in [5.41, 5.74) is 5.57. The quantitative estimate of drug-likeness (QED) is 0.869. The molecule has 8 heteroatoms. The molecule has 0 bridgehead atoms. The van der Waals surface area contributed by atoms with Crippen molar-refractivity contribution in [3.05, 3.63) is 29.9 Å². The van der Waals surface area contributed by atoms with Crippen LogP contribution in [0.25, 0.3) is 0 Å². The van der Waals surface area contributed by atoms with Crippen molar-refractivity contribution in [2.45, 2.75) is 24.8 Å². The number of nitrogen functional groups attached to an aromatic ring is 1. The van der Waals surface area contributed by atoms with Crippen molar-refractivity contribution >= 4 is 15.8 Å². The van der Waals surface area contributed by atoms with E-state index in [0.717, 1.165) is 5.76 Å². The van der Waals surface area contributed by atoms with E-state index in [1.165, 1.54) is 10.9 Å². The smallest absolute Gasteiger partial charge is 0.246 e. The van der Waals surface area contributed by atoms with Crippen LogP contribution in [0.4, 0.5) is 5.82 Å². The van der Waals surface area contributed by atoms with Gasteiger partial charge in [0.1, 0.15) is 16.4 Å². The van der Waals surface area contributed by atoms with Crippen LogP contribution < -0.4 is 10.5 Å². The first-order valence-corrected chi connectivity index (χ1v) is 7.15. The van der Waals surface area contributed by atoms with Gasteiger partial charge in [-0.15, -0.1) is 0 Å². The normalized spacial score (nSPS) is 13.6. The van der Waals surface area contributed by atoms with Gasteiger partial charge >= 0.3 is 0 Å². The largest absolute Gasteiger partial charge is 0.465 e. The lowest BCUT2D eigenvalue weighted by Crippen LogP contribution is -2.27. The van der Waals surface area contributed by atoms with E-state index in [2.05, 4.69) is 9.82 Å². The average Bonchev–Trinajstić information content (AvgIpc) is 2.84. The van der Waals surface area contributed by atoms with Crippen LogP contribution in [-0.4, -0.2) is 18.2 Å². The summed E-state index contributed by atoms with van der Waals surface area (Å²) < 4.78 is 33.6. The van der Waals surface area contributed by atoms with E-state index in [1.54, 1.807) is 33.0 Å². The molecule has 3 N–H and O–H groups in total. The Labute approximate surface area is 111 Å². The number of nitrogens with two attached hydrogens (primary N) is 1. The van der Waals surface area contributed by atoms with E-state index in [4.69, 9.17) is 10.2 Å². The molecule has 0 saturated carbocycles. The molecular formula is C11H16N4O3S. The first-order chi connectivity index (χ1) is 8.79. The highest BCUT2D eigenvalue weighted by atomic mass is 32.2. The van der Waals surface area contributed by atoms with Crippen LogP contribution in [0.1, 0.15) is 24.5 Å². The van der Waals surface area contributed by atoms with E-state index in [0.29, 0.717) is 5.76 Å². The Kier molecular flexibility index (Phi) is 3.38. The lowest BCUT2D eigenvalue weighted by atomic mass is 10.3. The Hall–Kier alpha value is -1.80. The first-order valence-electron chi connectivity index (χ1n) is 5.67. The van der Waals surface area contributed by atoms with Gasteiger partial charge in [0, 0.05) is 13.2 Å². The molecule has 104 valence electrons. The molecule has 0 aliphatic rings. The van der Waals surface area contributed by atoms with Crippen LogP contribution in [0, 0.1) is 6.92 Å². The molecule has 2 aromatic heterocycles. The van der Waals surface area contributed by atoms with Gasteiger partial charge < -0.3 is 10.2 Å². The maximum absolute atomic E-state index is 12.2. The van der Waals surface area contributed by atoms with E-state index in [9.17, 15) is 8.42 Å². The van der Waals surface area contributed by atoms with Gasteiger partial charge in [0.05, 0.1) is 6.04 Å². The van der Waals surface area contributed by atoms with E-state index in [1.807, 2.05) is 0 Å². The molecule has 0 saturated heterocycles. The van der Waals surface area contributed by atoms with Gasteiger partial charge in [-0.3, -0.25) is 4.68 Å². The van der Waals surface area contributed by atoms with Gasteiger partial charge in [-0.1, -0.05) is 0 Å². The second-order valence-corrected chi connectivity index (χ2v) is 6.03. The van der Waals surface area contributed by atoms with Crippen molar-refractivity contribution in [3.63, 3.8) is 0 Å². The maximum Gasteiger partial charge on any atom is 0.246 e. The molecule has 0 aromatic carbocycles. The molecule has 0 aliphatic heterocycles. The van der Waals surface area contributed by atoms with Gasteiger partial charge in [-0.25, -0.2) is 13.1 Å². The highest BCUT2D eigenvalue weighted by Crippen LogP contribution is 2.21. The number of nitrogens with zero attached hydrogens (tertiary/aromatic N) is 2. The van der Waals surface area contributed by atoms with Crippen molar-refractivity contribution in [2.75, 3.05) is 5.73 Å². The molecule has 0 fully saturated rings. The Balaban J connectivity index is 2.24. The molecule has 7 nitrogen and oxygen atoms in total. The monoisotopic (exact) mass is 284 g/mol. The zero-order valence-electron chi connectivity index (χ0n) is 10.9. The standard InChI is InChI=1S/C11H16N4O3S/c1-7-4-5-9(18-7)8(2)14-19(16,17)10-6-15(3)13-11(10)12/h4-6,8,14H,1-3H3,(H2,12,13). The van der Waals surface area contributed by atoms with Gasteiger partial charge in [-0.05, 0) is 26.0 Å². The number of hydrogen-bond donors (Lipinski definition) is 2. The van der Waals surface area contributed by atoms with Crippen molar-refractivity contribution in [3.8, 4) is 0 Å². The predicted molar refractivity (Wildman–Crippen MR) is 69.8 cm³/mol. The lowest BCUT2D eigenvalue weighted by molar-refractivity contribution is 0.441. The Morgan fingerprint density at radius 1 is 1.47 bits per heavy atom. The minimum Gasteiger partial charge on any atom is -0.465 e. The first kappa shape index (κ1) is 13.6. The Morgan fingerprint density at radius 2 is 2.16 bits per heavy atom. The number of hydrogen-bond acceptors (Lipinski definition) is 5. The number of nitrogens with one attached hydrogen (secondary N) is 1. The fraction of sp³-hybridized carbons (Fsp3) is 0.364. The third kappa shape index (κ3) is 2.79. The molecule has 0 radical (unpaired) electrons. The summed E-state index contributed by atoms with van der Waals surface area (Å²) in [7, 11) is -2.12. The topological polar surface area (TPSA) is 103 Å².